The summed E-state index contributed by atoms with van der Waals surface area (Å²) in [6, 6.07) is 60.4. The summed E-state index contributed by atoms with van der Waals surface area (Å²) >= 11 is 0. The van der Waals surface area contributed by atoms with E-state index >= 15 is 0 Å². The molecule has 14 aromatic rings. The summed E-state index contributed by atoms with van der Waals surface area (Å²) in [5.74, 6) is 1.17. The van der Waals surface area contributed by atoms with Crippen LogP contribution in [0.3, 0.4) is 0 Å². The van der Waals surface area contributed by atoms with Gasteiger partial charge in [-0.15, -0.1) is 0 Å². The normalized spacial score (nSPS) is 12.2. The van der Waals surface area contributed by atoms with Crippen molar-refractivity contribution < 1.29 is 170 Å². The van der Waals surface area contributed by atoms with Crippen LogP contribution in [0.1, 0.15) is 0 Å². The van der Waals surface area contributed by atoms with Crippen molar-refractivity contribution in [2.75, 3.05) is 0 Å². The van der Waals surface area contributed by atoms with Crippen molar-refractivity contribution >= 4 is 106 Å². The van der Waals surface area contributed by atoms with Crippen LogP contribution in [0.4, 0.5) is 0 Å². The summed E-state index contributed by atoms with van der Waals surface area (Å²) in [7, 11) is -19.5. The van der Waals surface area contributed by atoms with Crippen LogP contribution in [0.5, 0.6) is 0 Å². The van der Waals surface area contributed by atoms with E-state index in [9.17, 15) is 51.9 Å². The second-order valence-corrected chi connectivity index (χ2v) is 28.5. The first-order chi connectivity index (χ1) is 46.1. The first kappa shape index (κ1) is 71.1. The molecule has 466 valence electrons. The van der Waals surface area contributed by atoms with E-state index in [1.54, 1.807) is 121 Å². The number of rotatable bonds is 8. The molecule has 0 spiro atoms. The summed E-state index contributed by atoms with van der Waals surface area (Å²) in [4.78, 5) is 37.0. The summed E-state index contributed by atoms with van der Waals surface area (Å²) in [6.07, 6.45) is 0. The molecule has 100 heavy (non-hydrogen) atoms. The van der Waals surface area contributed by atoms with Gasteiger partial charge in [0.25, 0.3) is 0 Å². The largest absolute Gasteiger partial charge is 1.00 e. The summed E-state index contributed by atoms with van der Waals surface area (Å²) in [5.41, 5.74) is 8.63. The van der Waals surface area contributed by atoms with E-state index in [1.807, 2.05) is 72.8 Å². The third-order valence-corrected chi connectivity index (χ3v) is 21.3. The van der Waals surface area contributed by atoms with Crippen LogP contribution < -0.4 is 118 Å². The van der Waals surface area contributed by atoms with Crippen molar-refractivity contribution in [2.45, 2.75) is 19.6 Å². The molecule has 0 unspecified atom stereocenters. The topological polar surface area (TPSA) is 338 Å². The van der Waals surface area contributed by atoms with Crippen LogP contribution in [0, 0.1) is 0 Å². The molecule has 2 aromatic heterocycles. The Hall–Kier alpha value is -7.32. The molecule has 0 amide bonds. The van der Waals surface area contributed by atoms with Gasteiger partial charge in [-0.25, -0.2) is 63.6 Å². The zero-order valence-corrected chi connectivity index (χ0v) is 64.3. The minimum absolute atomic E-state index is 0. The van der Waals surface area contributed by atoms with Gasteiger partial charge in [0.2, 0.25) is 0 Å². The zero-order chi connectivity index (χ0) is 65.9. The van der Waals surface area contributed by atoms with Crippen LogP contribution in [-0.4, -0.2) is 91.8 Å². The molecule has 0 atom stereocenters. The van der Waals surface area contributed by atoms with Crippen molar-refractivity contribution in [3.8, 4) is 113 Å². The molecule has 5 heterocycles. The SMILES string of the molecule is O=S(=O)([O-])c1ccc(-c2ccc3c(c2)-c2nc4nc(nc5[nH]c([nH]c6nc(nc-3n2)-c2cc(-c3ccc(S(=O)(=O)[O-])c7ccccc37)ccc2-6)c2cc(-c3ccc(S(=O)(=O)[O-])c6ccccc36)ccc52)-c2cc(-c3ccc(S(=O)(=O)[O-])c5ccccc35)ccc2-4)c2ccccc12.[Na+].[Na+].[Na+].[Na+]. The Labute approximate surface area is 658 Å². The van der Waals surface area contributed by atoms with Crippen LogP contribution in [0.15, 0.2) is 238 Å². The number of aromatic amines is 2. The molecular weight excluding hydrogens is 1390 g/mol. The Bertz CT molecular complexity index is 6640. The van der Waals surface area contributed by atoms with E-state index in [2.05, 4.69) is 9.97 Å². The number of benzene rings is 12. The van der Waals surface area contributed by atoms with E-state index in [0.29, 0.717) is 127 Å². The van der Waals surface area contributed by atoms with Gasteiger partial charge in [-0.2, -0.15) is 0 Å². The van der Waals surface area contributed by atoms with E-state index < -0.39 is 40.5 Å². The van der Waals surface area contributed by atoms with E-state index in [1.165, 1.54) is 24.3 Å². The molecular formula is C72H38N8Na4O12S4. The number of aromatic nitrogens is 8. The molecule has 0 radical (unpaired) electrons. The van der Waals surface area contributed by atoms with E-state index in [-0.39, 0.29) is 188 Å². The van der Waals surface area contributed by atoms with Crippen LogP contribution in [0.25, 0.3) is 178 Å². The van der Waals surface area contributed by atoms with E-state index in [4.69, 9.17) is 29.9 Å². The fourth-order valence-corrected chi connectivity index (χ4v) is 16.2. The number of nitrogens with one attached hydrogen (secondary N) is 2. The Morgan fingerprint density at radius 3 is 0.880 bits per heavy atom. The molecule has 12 aromatic carbocycles. The summed E-state index contributed by atoms with van der Waals surface area (Å²) in [6.45, 7) is 0. The van der Waals surface area contributed by atoms with E-state index in [0.717, 1.165) is 0 Å². The van der Waals surface area contributed by atoms with Gasteiger partial charge in [-0.1, -0.05) is 146 Å². The molecule has 0 saturated carbocycles. The minimum Gasteiger partial charge on any atom is -0.744 e. The average Bonchev–Trinajstić information content (AvgIpc) is 1.46. The number of H-pyrrole nitrogens is 2. The van der Waals surface area contributed by atoms with Gasteiger partial charge in [0.15, 0.2) is 29.1 Å². The molecule has 2 N–H and O–H groups in total. The maximum atomic E-state index is 12.6. The Balaban J connectivity index is 0.00000224. The van der Waals surface area contributed by atoms with Crippen molar-refractivity contribution in [3.63, 3.8) is 0 Å². The fraction of sp³-hybridized carbons (Fsp3) is 0. The molecule has 3 aliphatic rings. The van der Waals surface area contributed by atoms with Gasteiger partial charge < -0.3 is 28.2 Å². The van der Waals surface area contributed by atoms with Crippen molar-refractivity contribution in [2.24, 2.45) is 0 Å². The maximum absolute atomic E-state index is 12.6. The molecule has 28 heteroatoms. The molecule has 0 aliphatic carbocycles. The molecule has 20 nitrogen and oxygen atoms in total. The molecule has 8 bridgehead atoms. The van der Waals surface area contributed by atoms with Gasteiger partial charge in [-0.3, -0.25) is 0 Å². The van der Waals surface area contributed by atoms with Crippen LogP contribution in [-0.2, 0) is 40.5 Å². The summed E-state index contributed by atoms with van der Waals surface area (Å²) in [5, 5.41) is 4.06. The first-order valence-corrected chi connectivity index (χ1v) is 35.0. The third-order valence-electron chi connectivity index (χ3n) is 17.7. The Morgan fingerprint density at radius 1 is 0.240 bits per heavy atom. The predicted molar refractivity (Wildman–Crippen MR) is 358 cm³/mol. The smallest absolute Gasteiger partial charge is 0.744 e. The summed E-state index contributed by atoms with van der Waals surface area (Å²) < 4.78 is 151. The molecule has 17 rings (SSSR count). The number of fused-ring (bicyclic) bond motifs is 24. The Morgan fingerprint density at radius 2 is 0.520 bits per heavy atom. The second kappa shape index (κ2) is 26.5. The molecule has 0 fully saturated rings. The minimum atomic E-state index is -4.89. The number of nitrogens with zero attached hydrogens (tertiary/aromatic N) is 6. The standard InChI is InChI=1S/C72H42N8O12S4.4Na/c81-93(82,83)61-29-25-41(45-9-1-5-13-49(45)61)37-17-21-53-57(33-37)69-73-65(53)78-70-59-35-39(43-27-31-63(95(87,88)89)51-15-7-3-11-47(43)51)19-23-55(59)67(75-70)80-72-60-36-40(44-28-32-64(96(90,91)92)52-16-8-4-12-48(44)52)20-24-56(60)68(76-72)79-71-58-34-38(18-22-54(58)66(74-71)77-69)42-26-30-62(94(84,85)86)50-14-6-2-10-46(42)50;;;;/h1-36H,(H,81,82,83)(H,84,85,86)(H,87,88,89)(H,90,91,92)(H2,73,74,75,76,77,78,79,80);;;;/q;4*+1/p-4. The Kier molecular flexibility index (Phi) is 18.8. The van der Waals surface area contributed by atoms with Crippen LogP contribution >= 0.6 is 0 Å². The first-order valence-electron chi connectivity index (χ1n) is 29.4. The fourth-order valence-electron chi connectivity index (χ4n) is 13.4. The number of hydrogen-bond acceptors (Lipinski definition) is 18. The monoisotopic (exact) mass is 1430 g/mol. The quantitative estimate of drug-likeness (QED) is 0.161. The number of hydrogen-bond donors (Lipinski definition) is 2. The maximum Gasteiger partial charge on any atom is 1.00 e. The van der Waals surface area contributed by atoms with Crippen molar-refractivity contribution in [1.29, 1.82) is 0 Å². The third kappa shape index (κ3) is 12.2. The second-order valence-electron chi connectivity index (χ2n) is 23.1. The van der Waals surface area contributed by atoms with Crippen LogP contribution in [0.2, 0.25) is 0 Å². The van der Waals surface area contributed by atoms with Crippen molar-refractivity contribution in [1.82, 2.24) is 39.9 Å². The van der Waals surface area contributed by atoms with Gasteiger partial charge in [0.1, 0.15) is 57.6 Å². The zero-order valence-electron chi connectivity index (χ0n) is 53.0. The van der Waals surface area contributed by atoms with Crippen molar-refractivity contribution in [3.05, 3.63) is 218 Å². The average molecular weight is 1430 g/mol. The van der Waals surface area contributed by atoms with Gasteiger partial charge in [-0.05, 0) is 160 Å². The van der Waals surface area contributed by atoms with Gasteiger partial charge in [0, 0.05) is 44.2 Å². The molecule has 3 aliphatic heterocycles. The van der Waals surface area contributed by atoms with Gasteiger partial charge >= 0.3 is 118 Å². The molecule has 0 saturated heterocycles. The van der Waals surface area contributed by atoms with Gasteiger partial charge in [0.05, 0.1) is 19.6 Å². The predicted octanol–water partition coefficient (Wildman–Crippen LogP) is 1.69.